The van der Waals surface area contributed by atoms with Gasteiger partial charge in [-0.05, 0) is 39.0 Å². The summed E-state index contributed by atoms with van der Waals surface area (Å²) >= 11 is 0. The second kappa shape index (κ2) is 5.13. The molecule has 1 rings (SSSR count). The molecule has 68 valence electrons. The Hall–Kier alpha value is -0.590. The highest BCUT2D eigenvalue weighted by Crippen LogP contribution is 2.19. The van der Waals surface area contributed by atoms with Gasteiger partial charge in [0.15, 0.2) is 0 Å². The van der Waals surface area contributed by atoms with E-state index in [0.29, 0.717) is 11.7 Å². The summed E-state index contributed by atoms with van der Waals surface area (Å²) in [5.41, 5.74) is 0. The van der Waals surface area contributed by atoms with Gasteiger partial charge in [0.25, 0.3) is 0 Å². The zero-order chi connectivity index (χ0) is 8.81. The van der Waals surface area contributed by atoms with Crippen molar-refractivity contribution in [2.24, 2.45) is 5.92 Å². The third-order valence-corrected chi connectivity index (χ3v) is 2.60. The second-order valence-corrected chi connectivity index (χ2v) is 3.64. The Morgan fingerprint density at radius 1 is 1.17 bits per heavy atom. The molecule has 0 N–H and O–H groups in total. The molecule has 1 atom stereocenters. The normalized spacial score (nSPS) is 28.2. The molecule has 0 spiro atoms. The number of carbonyl (C=O) groups excluding carboxylic acids is 1. The van der Waals surface area contributed by atoms with Crippen molar-refractivity contribution in [2.75, 3.05) is 0 Å². The van der Waals surface area contributed by atoms with Gasteiger partial charge in [0, 0.05) is 5.92 Å². The Labute approximate surface area is 74.9 Å². The zero-order valence-electron chi connectivity index (χ0n) is 7.88. The van der Waals surface area contributed by atoms with E-state index >= 15 is 0 Å². The predicted molar refractivity (Wildman–Crippen MR) is 51.0 cm³/mol. The summed E-state index contributed by atoms with van der Waals surface area (Å²) in [5.74, 6) is 0.720. The molecule has 0 aromatic rings. The maximum absolute atomic E-state index is 11.2. The molecule has 0 saturated heterocycles. The number of ketones is 1. The molecule has 1 nitrogen and oxygen atoms in total. The van der Waals surface area contributed by atoms with Gasteiger partial charge in [-0.3, -0.25) is 4.79 Å². The molecule has 0 fully saturated rings. The van der Waals surface area contributed by atoms with Crippen LogP contribution in [0.25, 0.3) is 0 Å². The van der Waals surface area contributed by atoms with Crippen LogP contribution in [0.4, 0.5) is 0 Å². The van der Waals surface area contributed by atoms with Gasteiger partial charge in [0.1, 0.15) is 5.78 Å². The Morgan fingerprint density at radius 3 is 2.67 bits per heavy atom. The SMILES string of the molecule is CC(=O)C1CC/C=C\CCCC1. The molecule has 12 heavy (non-hydrogen) atoms. The Kier molecular flexibility index (Phi) is 4.06. The quantitative estimate of drug-likeness (QED) is 0.547. The average Bonchev–Trinajstić information content (AvgIpc) is 2.15. The fourth-order valence-corrected chi connectivity index (χ4v) is 1.74. The highest BCUT2D eigenvalue weighted by Gasteiger charge is 2.12. The molecule has 1 heteroatoms. The van der Waals surface area contributed by atoms with E-state index in [1.807, 2.05) is 0 Å². The van der Waals surface area contributed by atoms with Crippen LogP contribution in [-0.2, 0) is 4.79 Å². The van der Waals surface area contributed by atoms with Crippen molar-refractivity contribution >= 4 is 5.78 Å². The molecule has 0 saturated carbocycles. The maximum Gasteiger partial charge on any atom is 0.132 e. The topological polar surface area (TPSA) is 17.1 Å². The minimum atomic E-state index is 0.341. The van der Waals surface area contributed by atoms with Crippen LogP contribution in [0, 0.1) is 5.92 Å². The van der Waals surface area contributed by atoms with Crippen LogP contribution >= 0.6 is 0 Å². The molecular formula is C11H18O. The van der Waals surface area contributed by atoms with Gasteiger partial charge in [-0.2, -0.15) is 0 Å². The van der Waals surface area contributed by atoms with Crippen LogP contribution in [0.3, 0.4) is 0 Å². The van der Waals surface area contributed by atoms with Crippen molar-refractivity contribution in [3.8, 4) is 0 Å². The van der Waals surface area contributed by atoms with Crippen molar-refractivity contribution in [3.63, 3.8) is 0 Å². The number of carbonyl (C=O) groups is 1. The van der Waals surface area contributed by atoms with E-state index in [2.05, 4.69) is 12.2 Å². The molecule has 1 unspecified atom stereocenters. The highest BCUT2D eigenvalue weighted by molar-refractivity contribution is 5.78. The standard InChI is InChI=1S/C11H18O/c1-10(12)11-8-6-4-2-3-5-7-9-11/h2,4,11H,3,5-9H2,1H3/b4-2-. The summed E-state index contributed by atoms with van der Waals surface area (Å²) < 4.78 is 0. The zero-order valence-corrected chi connectivity index (χ0v) is 7.88. The van der Waals surface area contributed by atoms with Crippen LogP contribution in [0.15, 0.2) is 12.2 Å². The van der Waals surface area contributed by atoms with Crippen LogP contribution in [0.1, 0.15) is 45.4 Å². The van der Waals surface area contributed by atoms with Gasteiger partial charge in [0.2, 0.25) is 0 Å². The molecule has 1 aliphatic carbocycles. The minimum absolute atomic E-state index is 0.341. The molecule has 1 aliphatic rings. The van der Waals surface area contributed by atoms with Gasteiger partial charge < -0.3 is 0 Å². The van der Waals surface area contributed by atoms with Crippen molar-refractivity contribution in [1.82, 2.24) is 0 Å². The van der Waals surface area contributed by atoms with Crippen LogP contribution in [0.2, 0.25) is 0 Å². The van der Waals surface area contributed by atoms with E-state index in [1.165, 1.54) is 19.3 Å². The van der Waals surface area contributed by atoms with E-state index in [4.69, 9.17) is 0 Å². The highest BCUT2D eigenvalue weighted by atomic mass is 16.1. The Bertz CT molecular complexity index is 170. The lowest BCUT2D eigenvalue weighted by atomic mass is 9.94. The number of hydrogen-bond donors (Lipinski definition) is 0. The first-order chi connectivity index (χ1) is 5.80. The molecule has 0 heterocycles. The molecule has 0 bridgehead atoms. The number of rotatable bonds is 1. The summed E-state index contributed by atoms with van der Waals surface area (Å²) in [6, 6.07) is 0. The lowest BCUT2D eigenvalue weighted by Crippen LogP contribution is -2.10. The Morgan fingerprint density at radius 2 is 1.92 bits per heavy atom. The van der Waals surface area contributed by atoms with Crippen molar-refractivity contribution in [3.05, 3.63) is 12.2 Å². The summed E-state index contributed by atoms with van der Waals surface area (Å²) in [4.78, 5) is 11.2. The summed E-state index contributed by atoms with van der Waals surface area (Å²) in [5, 5.41) is 0. The lowest BCUT2D eigenvalue weighted by molar-refractivity contribution is -0.121. The van der Waals surface area contributed by atoms with Gasteiger partial charge in [-0.25, -0.2) is 0 Å². The largest absolute Gasteiger partial charge is 0.300 e. The van der Waals surface area contributed by atoms with Crippen molar-refractivity contribution in [2.45, 2.75) is 45.4 Å². The van der Waals surface area contributed by atoms with Crippen molar-refractivity contribution < 1.29 is 4.79 Å². The molecular weight excluding hydrogens is 148 g/mol. The van der Waals surface area contributed by atoms with Gasteiger partial charge in [-0.15, -0.1) is 0 Å². The van der Waals surface area contributed by atoms with Crippen LogP contribution in [-0.4, -0.2) is 5.78 Å². The van der Waals surface area contributed by atoms with E-state index in [0.717, 1.165) is 19.3 Å². The van der Waals surface area contributed by atoms with E-state index in [1.54, 1.807) is 6.92 Å². The van der Waals surface area contributed by atoms with Crippen LogP contribution < -0.4 is 0 Å². The smallest absolute Gasteiger partial charge is 0.132 e. The first-order valence-corrected chi connectivity index (χ1v) is 4.96. The first-order valence-electron chi connectivity index (χ1n) is 4.96. The molecule has 0 radical (unpaired) electrons. The summed E-state index contributed by atoms with van der Waals surface area (Å²) in [6.45, 7) is 1.73. The summed E-state index contributed by atoms with van der Waals surface area (Å²) in [7, 11) is 0. The predicted octanol–water partition coefficient (Wildman–Crippen LogP) is 3.10. The second-order valence-electron chi connectivity index (χ2n) is 3.64. The third-order valence-electron chi connectivity index (χ3n) is 2.60. The van der Waals surface area contributed by atoms with E-state index in [9.17, 15) is 4.79 Å². The van der Waals surface area contributed by atoms with E-state index < -0.39 is 0 Å². The summed E-state index contributed by atoms with van der Waals surface area (Å²) in [6.07, 6.45) is 11.4. The first kappa shape index (κ1) is 9.50. The van der Waals surface area contributed by atoms with Crippen LogP contribution in [0.5, 0.6) is 0 Å². The number of Topliss-reactive ketones (excluding diaryl/α,β-unsaturated/α-hetero) is 1. The lowest BCUT2D eigenvalue weighted by Gasteiger charge is -2.10. The van der Waals surface area contributed by atoms with Gasteiger partial charge >= 0.3 is 0 Å². The third kappa shape index (κ3) is 3.21. The molecule has 0 aromatic heterocycles. The Balaban J connectivity index is 2.41. The van der Waals surface area contributed by atoms with Gasteiger partial charge in [0.05, 0.1) is 0 Å². The minimum Gasteiger partial charge on any atom is -0.300 e. The monoisotopic (exact) mass is 166 g/mol. The molecule has 0 amide bonds. The number of hydrogen-bond acceptors (Lipinski definition) is 1. The molecule has 0 aromatic carbocycles. The fourth-order valence-electron chi connectivity index (χ4n) is 1.74. The van der Waals surface area contributed by atoms with Crippen molar-refractivity contribution in [1.29, 1.82) is 0 Å². The maximum atomic E-state index is 11.2. The average molecular weight is 166 g/mol. The number of allylic oxidation sites excluding steroid dienone is 2. The molecule has 0 aliphatic heterocycles. The fraction of sp³-hybridized carbons (Fsp3) is 0.727. The van der Waals surface area contributed by atoms with E-state index in [-0.39, 0.29) is 0 Å². The van der Waals surface area contributed by atoms with Gasteiger partial charge in [-0.1, -0.05) is 18.6 Å².